The zero-order valence-electron chi connectivity index (χ0n) is 29.6. The number of hydrogen-bond donors (Lipinski definition) is 0. The van der Waals surface area contributed by atoms with E-state index in [9.17, 15) is 5.48 Å². The van der Waals surface area contributed by atoms with Crippen molar-refractivity contribution in [3.63, 3.8) is 0 Å². The minimum absolute atomic E-state index is 0.174. The molecule has 0 fully saturated rings. The Kier molecular flexibility index (Phi) is 3.34. The number of rotatable bonds is 2. The topological polar surface area (TPSA) is 13.1 Å². The normalized spacial score (nSPS) is 14.6. The van der Waals surface area contributed by atoms with Crippen molar-refractivity contribution in [2.45, 2.75) is 0 Å². The molecule has 9 aromatic rings. The van der Waals surface area contributed by atoms with Crippen molar-refractivity contribution in [1.82, 2.24) is 0 Å². The fraction of sp³-hybridized carbons (Fsp3) is 0. The molecule has 8 aromatic carbocycles. The molecule has 1 heteroatoms. The van der Waals surface area contributed by atoms with Crippen LogP contribution < -0.4 is 0 Å². The van der Waals surface area contributed by atoms with Crippen molar-refractivity contribution >= 4 is 65.0 Å². The largest absolute Gasteiger partial charge is 0.456 e. The molecule has 0 radical (unpaired) electrons. The Bertz CT molecular complexity index is 2840. The number of fused-ring (bicyclic) bond motifs is 7. The van der Waals surface area contributed by atoms with Gasteiger partial charge in [0.1, 0.15) is 11.2 Å². The molecule has 0 N–H and O–H groups in total. The van der Waals surface area contributed by atoms with Crippen molar-refractivity contribution in [1.29, 1.82) is 0 Å². The highest BCUT2D eigenvalue weighted by molar-refractivity contribution is 6.24. The zero-order chi connectivity index (χ0) is 33.9. The lowest BCUT2D eigenvalue weighted by Gasteiger charge is -2.18. The third kappa shape index (κ3) is 3.30. The molecule has 9 rings (SSSR count). The summed E-state index contributed by atoms with van der Waals surface area (Å²) in [5.41, 5.74) is 2.97. The first-order valence-corrected chi connectivity index (χ1v) is 13.4. The standard InChI is InChI=1S/C40H24O/c1-2-12-27-23-38-36(22-26(27)11-1)30-21-20-28(24-37(30)41-38)39-32-15-5-7-17-34(32)40(35-18-8-6-16-33(35)39)31-19-9-13-25-10-3-4-14-29(25)31/h1-24H/i5D,6D,7D,8D,15D,16D,17D,18D. The van der Waals surface area contributed by atoms with E-state index in [-0.39, 0.29) is 45.7 Å². The molecular formula is C40H24O. The van der Waals surface area contributed by atoms with Gasteiger partial charge < -0.3 is 4.42 Å². The van der Waals surface area contributed by atoms with Gasteiger partial charge in [0.2, 0.25) is 0 Å². The van der Waals surface area contributed by atoms with E-state index in [1.807, 2.05) is 84.9 Å². The quantitative estimate of drug-likeness (QED) is 0.203. The molecule has 0 saturated heterocycles. The van der Waals surface area contributed by atoms with Crippen molar-refractivity contribution < 1.29 is 15.4 Å². The second kappa shape index (κ2) is 8.55. The summed E-state index contributed by atoms with van der Waals surface area (Å²) in [7, 11) is 0. The van der Waals surface area contributed by atoms with Crippen LogP contribution >= 0.6 is 0 Å². The van der Waals surface area contributed by atoms with Gasteiger partial charge in [-0.3, -0.25) is 0 Å². The molecule has 0 aliphatic rings. The Labute approximate surface area is 248 Å². The molecule has 41 heavy (non-hydrogen) atoms. The van der Waals surface area contributed by atoms with Crippen LogP contribution in [0.15, 0.2) is 150 Å². The monoisotopic (exact) mass is 528 g/mol. The van der Waals surface area contributed by atoms with Gasteiger partial charge in [-0.1, -0.05) is 121 Å². The predicted octanol–water partition coefficient (Wildman–Crippen LogP) is 11.5. The maximum atomic E-state index is 9.26. The molecule has 0 bridgehead atoms. The lowest BCUT2D eigenvalue weighted by molar-refractivity contribution is 0.669. The Morgan fingerprint density at radius 1 is 0.415 bits per heavy atom. The van der Waals surface area contributed by atoms with Gasteiger partial charge in [0.15, 0.2) is 0 Å². The Morgan fingerprint density at radius 3 is 1.73 bits per heavy atom. The van der Waals surface area contributed by atoms with Gasteiger partial charge in [0, 0.05) is 10.8 Å². The second-order valence-electron chi connectivity index (χ2n) is 10.3. The molecule has 1 heterocycles. The highest BCUT2D eigenvalue weighted by Gasteiger charge is 2.19. The summed E-state index contributed by atoms with van der Waals surface area (Å²) >= 11 is 0. The van der Waals surface area contributed by atoms with Crippen LogP contribution in [0.25, 0.3) is 87.3 Å². The van der Waals surface area contributed by atoms with E-state index in [0.29, 0.717) is 33.4 Å². The van der Waals surface area contributed by atoms with Crippen molar-refractivity contribution in [2.24, 2.45) is 0 Å². The summed E-state index contributed by atoms with van der Waals surface area (Å²) in [4.78, 5) is 0. The second-order valence-corrected chi connectivity index (χ2v) is 10.3. The van der Waals surface area contributed by atoms with Crippen LogP contribution in [0.2, 0.25) is 0 Å². The van der Waals surface area contributed by atoms with Crippen molar-refractivity contribution in [2.75, 3.05) is 0 Å². The molecule has 0 atom stereocenters. The van der Waals surface area contributed by atoms with E-state index < -0.39 is 24.2 Å². The lowest BCUT2D eigenvalue weighted by Crippen LogP contribution is -1.91. The van der Waals surface area contributed by atoms with Gasteiger partial charge in [0.25, 0.3) is 0 Å². The number of furan rings is 1. The van der Waals surface area contributed by atoms with E-state index in [1.165, 1.54) is 0 Å². The molecule has 190 valence electrons. The van der Waals surface area contributed by atoms with Gasteiger partial charge in [-0.25, -0.2) is 0 Å². The van der Waals surface area contributed by atoms with Gasteiger partial charge in [-0.2, -0.15) is 0 Å². The maximum Gasteiger partial charge on any atom is 0.136 e. The number of hydrogen-bond acceptors (Lipinski definition) is 1. The lowest BCUT2D eigenvalue weighted by atomic mass is 9.84. The molecular weight excluding hydrogens is 496 g/mol. The van der Waals surface area contributed by atoms with Crippen LogP contribution in [0.1, 0.15) is 11.0 Å². The minimum atomic E-state index is -0.431. The first-order chi connectivity index (χ1) is 23.7. The third-order valence-corrected chi connectivity index (χ3v) is 8.06. The fourth-order valence-electron chi connectivity index (χ4n) is 6.24. The van der Waals surface area contributed by atoms with Gasteiger partial charge >= 0.3 is 0 Å². The van der Waals surface area contributed by atoms with E-state index >= 15 is 0 Å². The minimum Gasteiger partial charge on any atom is -0.456 e. The smallest absolute Gasteiger partial charge is 0.136 e. The maximum absolute atomic E-state index is 9.26. The molecule has 1 aromatic heterocycles. The van der Waals surface area contributed by atoms with Crippen LogP contribution in [-0.4, -0.2) is 0 Å². The van der Waals surface area contributed by atoms with Crippen LogP contribution in [0, 0.1) is 0 Å². The SMILES string of the molecule is [2H]c1c([2H])c([2H])c2c(-c3cccc4ccccc34)c3c([2H])c([2H])c([2H])c([2H])c3c(-c3ccc4c(c3)oc3cc5ccccc5cc34)c2c1[2H]. The van der Waals surface area contributed by atoms with Crippen LogP contribution in [-0.2, 0) is 0 Å². The first-order valence-electron chi connectivity index (χ1n) is 17.4. The van der Waals surface area contributed by atoms with Crippen molar-refractivity contribution in [3.8, 4) is 22.3 Å². The number of benzene rings is 8. The Morgan fingerprint density at radius 2 is 1.00 bits per heavy atom. The summed E-state index contributed by atoms with van der Waals surface area (Å²) < 4.78 is 78.3. The van der Waals surface area contributed by atoms with Gasteiger partial charge in [0.05, 0.1) is 11.0 Å². The molecule has 0 aliphatic carbocycles. The summed E-state index contributed by atoms with van der Waals surface area (Å²) in [5, 5.41) is 6.26. The van der Waals surface area contributed by atoms with Gasteiger partial charge in [-0.15, -0.1) is 0 Å². The Balaban J connectivity index is 1.51. The van der Waals surface area contributed by atoms with E-state index in [2.05, 4.69) is 6.07 Å². The first kappa shape index (κ1) is 16.0. The van der Waals surface area contributed by atoms with E-state index in [4.69, 9.17) is 9.90 Å². The summed E-state index contributed by atoms with van der Waals surface area (Å²) in [6, 6.07) is 28.0. The summed E-state index contributed by atoms with van der Waals surface area (Å²) in [6.45, 7) is 0. The highest BCUT2D eigenvalue weighted by atomic mass is 16.3. The summed E-state index contributed by atoms with van der Waals surface area (Å²) in [6.07, 6.45) is 0. The fourth-order valence-corrected chi connectivity index (χ4v) is 6.24. The van der Waals surface area contributed by atoms with Crippen LogP contribution in [0.5, 0.6) is 0 Å². The molecule has 0 aliphatic heterocycles. The third-order valence-electron chi connectivity index (χ3n) is 8.06. The molecule has 0 amide bonds. The van der Waals surface area contributed by atoms with Crippen LogP contribution in [0.4, 0.5) is 0 Å². The molecule has 0 spiro atoms. The van der Waals surface area contributed by atoms with Crippen LogP contribution in [0.3, 0.4) is 0 Å². The molecule has 0 unspecified atom stereocenters. The predicted molar refractivity (Wildman–Crippen MR) is 175 cm³/mol. The highest BCUT2D eigenvalue weighted by Crippen LogP contribution is 2.46. The molecule has 1 nitrogen and oxygen atoms in total. The van der Waals surface area contributed by atoms with E-state index in [0.717, 1.165) is 32.3 Å². The molecule has 0 saturated carbocycles. The Hall–Kier alpha value is -5.40. The average Bonchev–Trinajstić information content (AvgIpc) is 3.48. The van der Waals surface area contributed by atoms with E-state index in [1.54, 1.807) is 6.07 Å². The van der Waals surface area contributed by atoms with Gasteiger partial charge in [-0.05, 0) is 89.6 Å². The zero-order valence-corrected chi connectivity index (χ0v) is 21.6. The van der Waals surface area contributed by atoms with Crippen molar-refractivity contribution in [3.05, 3.63) is 145 Å². The average molecular weight is 529 g/mol. The summed E-state index contributed by atoms with van der Waals surface area (Å²) in [5.74, 6) is 0.